The van der Waals surface area contributed by atoms with E-state index in [1.165, 1.54) is 6.33 Å². The number of nitrogen functional groups attached to an aromatic ring is 1. The molecule has 4 rings (SSSR count). The summed E-state index contributed by atoms with van der Waals surface area (Å²) in [6.07, 6.45) is 2.06. The van der Waals surface area contributed by atoms with E-state index >= 15 is 0 Å². The van der Waals surface area contributed by atoms with Crippen LogP contribution in [-0.4, -0.2) is 59.0 Å². The topological polar surface area (TPSA) is 119 Å². The number of nitrogens with two attached hydrogens (primary N) is 1. The van der Waals surface area contributed by atoms with Crippen LogP contribution in [0.5, 0.6) is 0 Å². The molecule has 2 aromatic rings. The van der Waals surface area contributed by atoms with Crippen LogP contribution in [-0.2, 0) is 4.74 Å². The number of rotatable bonds is 2. The molecule has 0 bridgehead atoms. The first-order chi connectivity index (χ1) is 10.2. The minimum Gasteiger partial charge on any atom is -0.394 e. The minimum atomic E-state index is -0.720. The summed E-state index contributed by atoms with van der Waals surface area (Å²) < 4.78 is 7.19. The highest BCUT2D eigenvalue weighted by atomic mass is 32.2. The van der Waals surface area contributed by atoms with Crippen LogP contribution in [0.15, 0.2) is 12.7 Å². The molecule has 9 heteroatoms. The van der Waals surface area contributed by atoms with Crippen LogP contribution in [0.25, 0.3) is 11.2 Å². The van der Waals surface area contributed by atoms with Gasteiger partial charge in [0.25, 0.3) is 0 Å². The molecule has 0 radical (unpaired) electrons. The number of fused-ring (bicyclic) bond motifs is 1. The van der Waals surface area contributed by atoms with Crippen LogP contribution >= 0.6 is 11.8 Å². The molecule has 112 valence electrons. The Bertz CT molecular complexity index is 689. The summed E-state index contributed by atoms with van der Waals surface area (Å²) >= 11 is 1.65. The smallest absolute Gasteiger partial charge is 0.167 e. The van der Waals surface area contributed by atoms with Crippen molar-refractivity contribution < 1.29 is 14.9 Å². The predicted molar refractivity (Wildman–Crippen MR) is 76.5 cm³/mol. The van der Waals surface area contributed by atoms with E-state index < -0.39 is 23.2 Å². The Morgan fingerprint density at radius 2 is 2.29 bits per heavy atom. The number of hydrogen-bond donors (Lipinski definition) is 3. The molecule has 8 nitrogen and oxygen atoms in total. The Morgan fingerprint density at radius 3 is 2.95 bits per heavy atom. The Morgan fingerprint density at radius 1 is 1.48 bits per heavy atom. The van der Waals surface area contributed by atoms with Gasteiger partial charge in [-0.1, -0.05) is 0 Å². The van der Waals surface area contributed by atoms with Crippen molar-refractivity contribution in [3.63, 3.8) is 0 Å². The largest absolute Gasteiger partial charge is 0.394 e. The first-order valence-electron chi connectivity index (χ1n) is 6.69. The molecular weight excluding hydrogens is 294 g/mol. The van der Waals surface area contributed by atoms with Crippen LogP contribution in [0.1, 0.15) is 12.6 Å². The van der Waals surface area contributed by atoms with Gasteiger partial charge in [-0.15, -0.1) is 11.8 Å². The maximum absolute atomic E-state index is 10.5. The van der Waals surface area contributed by atoms with Gasteiger partial charge in [0.1, 0.15) is 24.1 Å². The second kappa shape index (κ2) is 4.54. The highest BCUT2D eigenvalue weighted by Gasteiger charge is 2.60. The maximum atomic E-state index is 10.5. The lowest BCUT2D eigenvalue weighted by Gasteiger charge is -2.43. The second-order valence-electron chi connectivity index (χ2n) is 5.29. The molecule has 1 spiro atoms. The molecular formula is C12H15N5O3S. The quantitative estimate of drug-likeness (QED) is 0.681. The molecule has 4 N–H and O–H groups in total. The molecule has 0 aliphatic carbocycles. The van der Waals surface area contributed by atoms with E-state index in [-0.39, 0.29) is 6.61 Å². The maximum Gasteiger partial charge on any atom is 0.167 e. The molecule has 0 amide bonds. The number of thioether (sulfide) groups is 1. The highest BCUT2D eigenvalue weighted by Crippen LogP contribution is 2.57. The highest BCUT2D eigenvalue weighted by molar-refractivity contribution is 8.02. The van der Waals surface area contributed by atoms with Gasteiger partial charge in [0.2, 0.25) is 0 Å². The molecule has 4 heterocycles. The Kier molecular flexibility index (Phi) is 2.86. The summed E-state index contributed by atoms with van der Waals surface area (Å²) in [4.78, 5) is 12.4. The van der Waals surface area contributed by atoms with Gasteiger partial charge < -0.3 is 20.7 Å². The van der Waals surface area contributed by atoms with Gasteiger partial charge in [-0.3, -0.25) is 4.57 Å². The Balaban J connectivity index is 1.82. The normalized spacial score (nSPS) is 35.4. The van der Waals surface area contributed by atoms with Crippen molar-refractivity contribution in [1.82, 2.24) is 19.5 Å². The number of aromatic nitrogens is 4. The van der Waals surface area contributed by atoms with E-state index in [9.17, 15) is 10.2 Å². The van der Waals surface area contributed by atoms with Crippen LogP contribution in [0.4, 0.5) is 5.82 Å². The van der Waals surface area contributed by atoms with E-state index in [0.717, 1.165) is 12.2 Å². The van der Waals surface area contributed by atoms with E-state index in [1.54, 1.807) is 22.7 Å². The van der Waals surface area contributed by atoms with Gasteiger partial charge in [-0.25, -0.2) is 15.0 Å². The molecule has 0 saturated carbocycles. The van der Waals surface area contributed by atoms with Crippen molar-refractivity contribution in [2.75, 3.05) is 18.1 Å². The van der Waals surface area contributed by atoms with Crippen molar-refractivity contribution in [3.8, 4) is 0 Å². The number of imidazole rings is 1. The van der Waals surface area contributed by atoms with Gasteiger partial charge in [-0.2, -0.15) is 0 Å². The first kappa shape index (κ1) is 13.3. The molecule has 1 unspecified atom stereocenters. The fourth-order valence-corrected chi connectivity index (χ4v) is 4.38. The fraction of sp³-hybridized carbons (Fsp3) is 0.583. The van der Waals surface area contributed by atoms with Gasteiger partial charge in [0.05, 0.1) is 17.7 Å². The lowest BCUT2D eigenvalue weighted by Crippen LogP contribution is -2.50. The third kappa shape index (κ3) is 1.65. The summed E-state index contributed by atoms with van der Waals surface area (Å²) in [5, 5.41) is 19.9. The minimum absolute atomic E-state index is 0.219. The second-order valence-corrected chi connectivity index (χ2v) is 6.75. The average molecular weight is 309 g/mol. The molecule has 2 aliphatic rings. The number of ether oxygens (including phenoxy) is 1. The zero-order valence-corrected chi connectivity index (χ0v) is 11.9. The Hall–Kier alpha value is -1.42. The van der Waals surface area contributed by atoms with Crippen LogP contribution < -0.4 is 5.73 Å². The van der Waals surface area contributed by atoms with Crippen LogP contribution in [0, 0.1) is 0 Å². The number of nitrogens with zero attached hydrogens (tertiary/aromatic N) is 4. The monoisotopic (exact) mass is 309 g/mol. The third-order valence-corrected chi connectivity index (χ3v) is 5.85. The summed E-state index contributed by atoms with van der Waals surface area (Å²) in [5.41, 5.74) is 6.89. The lowest BCUT2D eigenvalue weighted by molar-refractivity contribution is -0.0444. The zero-order valence-electron chi connectivity index (χ0n) is 11.1. The number of anilines is 1. The molecule has 2 aliphatic heterocycles. The van der Waals surface area contributed by atoms with E-state index in [4.69, 9.17) is 10.5 Å². The van der Waals surface area contributed by atoms with E-state index in [0.29, 0.717) is 17.0 Å². The van der Waals surface area contributed by atoms with Gasteiger partial charge in [0, 0.05) is 0 Å². The van der Waals surface area contributed by atoms with Gasteiger partial charge >= 0.3 is 0 Å². The summed E-state index contributed by atoms with van der Waals surface area (Å²) in [7, 11) is 0. The Labute approximate surface area is 124 Å². The number of aliphatic hydroxyl groups excluding tert-OH is 2. The average Bonchev–Trinajstić information content (AvgIpc) is 2.97. The first-order valence-corrected chi connectivity index (χ1v) is 7.67. The van der Waals surface area contributed by atoms with E-state index in [2.05, 4.69) is 15.0 Å². The standard InChI is InChI=1S/C12H15N5O3S/c13-9-7-10(15-4-14-9)17(5-16-7)11-12(1-2-21-12)8(19)6(3-18)20-11/h4-6,8,11,18-19H,1-3H2,(H2,13,14,15)/t6-,8-,11?,12-/m1/s1. The van der Waals surface area contributed by atoms with Crippen molar-refractivity contribution in [1.29, 1.82) is 0 Å². The molecule has 21 heavy (non-hydrogen) atoms. The van der Waals surface area contributed by atoms with Gasteiger partial charge in [0.15, 0.2) is 17.7 Å². The number of aliphatic hydroxyl groups is 2. The van der Waals surface area contributed by atoms with Crippen molar-refractivity contribution in [2.24, 2.45) is 0 Å². The predicted octanol–water partition coefficient (Wildman–Crippen LogP) is -0.465. The fourth-order valence-electron chi connectivity index (χ4n) is 3.07. The van der Waals surface area contributed by atoms with Crippen molar-refractivity contribution in [3.05, 3.63) is 12.7 Å². The van der Waals surface area contributed by atoms with E-state index in [1.807, 2.05) is 0 Å². The molecule has 2 fully saturated rings. The third-order valence-electron chi connectivity index (χ3n) is 4.26. The summed E-state index contributed by atoms with van der Waals surface area (Å²) in [6.45, 7) is -0.219. The molecule has 0 aromatic carbocycles. The molecule has 2 saturated heterocycles. The van der Waals surface area contributed by atoms with Crippen molar-refractivity contribution in [2.45, 2.75) is 29.6 Å². The molecule has 4 atom stereocenters. The lowest BCUT2D eigenvalue weighted by atomic mass is 9.94. The molecule has 2 aromatic heterocycles. The van der Waals surface area contributed by atoms with Crippen LogP contribution in [0.2, 0.25) is 0 Å². The summed E-state index contributed by atoms with van der Waals surface area (Å²) in [6, 6.07) is 0. The van der Waals surface area contributed by atoms with Crippen molar-refractivity contribution >= 4 is 28.7 Å². The van der Waals surface area contributed by atoms with Gasteiger partial charge in [-0.05, 0) is 12.2 Å². The zero-order chi connectivity index (χ0) is 14.6. The number of hydrogen-bond acceptors (Lipinski definition) is 8. The SMILES string of the molecule is Nc1ncnc2c1ncn2C1O[C@H](CO)[C@@H](O)[C@]12CCS2. The summed E-state index contributed by atoms with van der Waals surface area (Å²) in [5.74, 6) is 1.27. The van der Waals surface area contributed by atoms with Crippen LogP contribution in [0.3, 0.4) is 0 Å².